The van der Waals surface area contributed by atoms with Gasteiger partial charge in [0.1, 0.15) is 18.2 Å². The lowest BCUT2D eigenvalue weighted by molar-refractivity contribution is -0.121. The van der Waals surface area contributed by atoms with E-state index in [2.05, 4.69) is 17.4 Å². The minimum atomic E-state index is -0.293. The topological polar surface area (TPSA) is 51.2 Å². The number of carbonyl (C=O) groups is 1. The van der Waals surface area contributed by atoms with Gasteiger partial charge < -0.3 is 10.1 Å². The van der Waals surface area contributed by atoms with Crippen LogP contribution in [0, 0.1) is 5.82 Å². The molecule has 2 aromatic rings. The Morgan fingerprint density at radius 3 is 2.77 bits per heavy atom. The fraction of sp³-hybridized carbons (Fsp3) is 0.429. The van der Waals surface area contributed by atoms with Gasteiger partial charge in [0, 0.05) is 17.8 Å². The number of hydrogen-bond donors (Lipinski definition) is 1. The summed E-state index contributed by atoms with van der Waals surface area (Å²) >= 11 is 0. The molecule has 0 atom stereocenters. The van der Waals surface area contributed by atoms with Crippen LogP contribution in [-0.2, 0) is 24.1 Å². The Labute approximate surface area is 153 Å². The summed E-state index contributed by atoms with van der Waals surface area (Å²) < 4.78 is 18.2. The monoisotopic (exact) mass is 356 g/mol. The van der Waals surface area contributed by atoms with Crippen molar-refractivity contribution in [3.63, 3.8) is 0 Å². The zero-order valence-corrected chi connectivity index (χ0v) is 15.0. The van der Waals surface area contributed by atoms with Gasteiger partial charge in [0.15, 0.2) is 0 Å². The van der Waals surface area contributed by atoms with Gasteiger partial charge in [-0.05, 0) is 74.4 Å². The maximum atomic E-state index is 12.8. The number of carbonyl (C=O) groups excluding carboxylic acids is 1. The lowest BCUT2D eigenvalue weighted by Crippen LogP contribution is -2.27. The van der Waals surface area contributed by atoms with Gasteiger partial charge in [-0.3, -0.25) is 9.78 Å². The van der Waals surface area contributed by atoms with E-state index in [1.54, 1.807) is 12.1 Å². The number of aromatic nitrogens is 1. The molecule has 1 aromatic carbocycles. The van der Waals surface area contributed by atoms with Gasteiger partial charge in [-0.25, -0.2) is 4.39 Å². The highest BCUT2D eigenvalue weighted by Gasteiger charge is 2.11. The minimum absolute atomic E-state index is 0.0191. The minimum Gasteiger partial charge on any atom is -0.492 e. The zero-order chi connectivity index (χ0) is 18.2. The first-order valence-electron chi connectivity index (χ1n) is 9.33. The van der Waals surface area contributed by atoms with Gasteiger partial charge >= 0.3 is 0 Å². The summed E-state index contributed by atoms with van der Waals surface area (Å²) in [7, 11) is 0. The molecule has 3 rings (SSSR count). The number of fused-ring (bicyclic) bond motifs is 1. The van der Waals surface area contributed by atoms with E-state index in [1.165, 1.54) is 36.2 Å². The second-order valence-corrected chi connectivity index (χ2v) is 6.62. The molecule has 0 saturated heterocycles. The maximum Gasteiger partial charge on any atom is 0.220 e. The van der Waals surface area contributed by atoms with E-state index < -0.39 is 0 Å². The predicted molar refractivity (Wildman–Crippen MR) is 98.7 cm³/mol. The molecule has 1 amide bonds. The fourth-order valence-corrected chi connectivity index (χ4v) is 3.18. The molecule has 1 N–H and O–H groups in total. The van der Waals surface area contributed by atoms with E-state index in [0.717, 1.165) is 31.4 Å². The molecular formula is C21H25FN2O2. The molecule has 4 nitrogen and oxygen atoms in total. The van der Waals surface area contributed by atoms with Crippen LogP contribution in [0.1, 0.15) is 42.6 Å². The molecule has 0 bridgehead atoms. The summed E-state index contributed by atoms with van der Waals surface area (Å²) in [6, 6.07) is 10.1. The third kappa shape index (κ3) is 5.55. The third-order valence-electron chi connectivity index (χ3n) is 4.58. The summed E-state index contributed by atoms with van der Waals surface area (Å²) in [5.41, 5.74) is 3.72. The highest BCUT2D eigenvalue weighted by Crippen LogP contribution is 2.20. The third-order valence-corrected chi connectivity index (χ3v) is 4.58. The van der Waals surface area contributed by atoms with Crippen molar-refractivity contribution < 1.29 is 13.9 Å². The van der Waals surface area contributed by atoms with Crippen LogP contribution in [0.15, 0.2) is 36.4 Å². The van der Waals surface area contributed by atoms with Crippen molar-refractivity contribution in [3.05, 3.63) is 59.2 Å². The van der Waals surface area contributed by atoms with Gasteiger partial charge in [-0.1, -0.05) is 6.07 Å². The zero-order valence-electron chi connectivity index (χ0n) is 15.0. The average molecular weight is 356 g/mol. The number of aryl methyl sites for hydroxylation is 3. The summed E-state index contributed by atoms with van der Waals surface area (Å²) in [5.74, 6) is 0.323. The first kappa shape index (κ1) is 18.4. The predicted octanol–water partition coefficient (Wildman–Crippen LogP) is 3.62. The normalized spacial score (nSPS) is 13.1. The van der Waals surface area contributed by atoms with Gasteiger partial charge in [0.05, 0.1) is 6.54 Å². The molecule has 0 fully saturated rings. The van der Waals surface area contributed by atoms with Gasteiger partial charge in [-0.2, -0.15) is 0 Å². The Morgan fingerprint density at radius 1 is 1.12 bits per heavy atom. The molecule has 0 saturated carbocycles. The van der Waals surface area contributed by atoms with Gasteiger partial charge in [0.25, 0.3) is 0 Å². The number of nitrogens with zero attached hydrogens (tertiary/aromatic N) is 1. The summed E-state index contributed by atoms with van der Waals surface area (Å²) in [5, 5.41) is 2.84. The van der Waals surface area contributed by atoms with Crippen LogP contribution in [0.4, 0.5) is 4.39 Å². The number of hydrogen-bond acceptors (Lipinski definition) is 3. The number of pyridine rings is 1. The lowest BCUT2D eigenvalue weighted by Gasteiger charge is -2.15. The molecule has 0 aliphatic heterocycles. The van der Waals surface area contributed by atoms with E-state index in [4.69, 9.17) is 9.72 Å². The van der Waals surface area contributed by atoms with Crippen LogP contribution in [0.5, 0.6) is 5.75 Å². The molecule has 0 radical (unpaired) electrons. The molecule has 5 heteroatoms. The first-order chi connectivity index (χ1) is 12.7. The van der Waals surface area contributed by atoms with Crippen molar-refractivity contribution in [1.29, 1.82) is 0 Å². The second kappa shape index (κ2) is 9.32. The highest BCUT2D eigenvalue weighted by molar-refractivity contribution is 5.75. The number of nitrogens with one attached hydrogen (secondary N) is 1. The molecule has 0 spiro atoms. The number of amides is 1. The van der Waals surface area contributed by atoms with Crippen LogP contribution in [0.25, 0.3) is 0 Å². The van der Waals surface area contributed by atoms with Crippen LogP contribution < -0.4 is 10.1 Å². The van der Waals surface area contributed by atoms with E-state index in [-0.39, 0.29) is 11.7 Å². The van der Waals surface area contributed by atoms with E-state index in [9.17, 15) is 9.18 Å². The standard InChI is InChI=1S/C21H25FN2O2/c22-17-9-12-19(13-10-17)26-15-14-23-21(25)7-3-5-18-11-8-16-4-1-2-6-20(16)24-18/h8-13H,1-7,14-15H2,(H,23,25). The Hall–Kier alpha value is -2.43. The van der Waals surface area contributed by atoms with E-state index in [1.807, 2.05) is 0 Å². The Morgan fingerprint density at radius 2 is 1.92 bits per heavy atom. The Bertz CT molecular complexity index is 731. The van der Waals surface area contributed by atoms with Crippen molar-refractivity contribution in [3.8, 4) is 5.75 Å². The summed E-state index contributed by atoms with van der Waals surface area (Å²) in [4.78, 5) is 16.6. The molecule has 1 heterocycles. The van der Waals surface area contributed by atoms with Crippen molar-refractivity contribution in [2.75, 3.05) is 13.2 Å². The summed E-state index contributed by atoms with van der Waals surface area (Å²) in [6.45, 7) is 0.803. The average Bonchev–Trinajstić information content (AvgIpc) is 2.66. The van der Waals surface area contributed by atoms with E-state index >= 15 is 0 Å². The van der Waals surface area contributed by atoms with Crippen LogP contribution in [0.2, 0.25) is 0 Å². The van der Waals surface area contributed by atoms with Crippen LogP contribution in [-0.4, -0.2) is 24.0 Å². The van der Waals surface area contributed by atoms with Crippen LogP contribution >= 0.6 is 0 Å². The molecule has 1 aliphatic rings. The number of ether oxygens (including phenoxy) is 1. The second-order valence-electron chi connectivity index (χ2n) is 6.62. The SMILES string of the molecule is O=C(CCCc1ccc2c(n1)CCCC2)NCCOc1ccc(F)cc1. The lowest BCUT2D eigenvalue weighted by atomic mass is 9.95. The molecule has 26 heavy (non-hydrogen) atoms. The van der Waals surface area contributed by atoms with Crippen molar-refractivity contribution in [1.82, 2.24) is 10.3 Å². The van der Waals surface area contributed by atoms with E-state index in [0.29, 0.717) is 25.3 Å². The Kier molecular flexibility index (Phi) is 6.58. The molecular weight excluding hydrogens is 331 g/mol. The fourth-order valence-electron chi connectivity index (χ4n) is 3.18. The molecule has 138 valence electrons. The van der Waals surface area contributed by atoms with Crippen molar-refractivity contribution in [2.24, 2.45) is 0 Å². The van der Waals surface area contributed by atoms with Crippen molar-refractivity contribution >= 4 is 5.91 Å². The number of benzene rings is 1. The molecule has 0 unspecified atom stereocenters. The smallest absolute Gasteiger partial charge is 0.220 e. The number of halogens is 1. The summed E-state index contributed by atoms with van der Waals surface area (Å²) in [6.07, 6.45) is 6.81. The number of rotatable bonds is 8. The first-order valence-corrected chi connectivity index (χ1v) is 9.33. The molecule has 1 aliphatic carbocycles. The molecule has 1 aromatic heterocycles. The van der Waals surface area contributed by atoms with Crippen LogP contribution in [0.3, 0.4) is 0 Å². The van der Waals surface area contributed by atoms with Crippen molar-refractivity contribution in [2.45, 2.75) is 44.9 Å². The largest absolute Gasteiger partial charge is 0.492 e. The quantitative estimate of drug-likeness (QED) is 0.735. The highest BCUT2D eigenvalue weighted by atomic mass is 19.1. The maximum absolute atomic E-state index is 12.8. The van der Waals surface area contributed by atoms with Gasteiger partial charge in [0.2, 0.25) is 5.91 Å². The Balaban J connectivity index is 1.31. The van der Waals surface area contributed by atoms with Gasteiger partial charge in [-0.15, -0.1) is 0 Å².